The Bertz CT molecular complexity index is 701. The summed E-state index contributed by atoms with van der Waals surface area (Å²) in [6.45, 7) is 2.27. The average molecular weight is 328 g/mol. The first-order valence-corrected chi connectivity index (χ1v) is 7.52. The summed E-state index contributed by atoms with van der Waals surface area (Å²) in [7, 11) is 1.47. The van der Waals surface area contributed by atoms with E-state index in [9.17, 15) is 9.90 Å². The van der Waals surface area contributed by atoms with E-state index in [0.29, 0.717) is 17.9 Å². The molecule has 1 amide bonds. The van der Waals surface area contributed by atoms with E-state index in [0.717, 1.165) is 5.56 Å². The fraction of sp³-hybridized carbons (Fsp3) is 0.222. The molecule has 0 aliphatic carbocycles. The molecule has 0 saturated heterocycles. The lowest BCUT2D eigenvalue weighted by atomic mass is 10.1. The maximum absolute atomic E-state index is 12.2. The van der Waals surface area contributed by atoms with Crippen molar-refractivity contribution in [3.05, 3.63) is 59.7 Å². The van der Waals surface area contributed by atoms with Gasteiger partial charge in [-0.25, -0.2) is 5.43 Å². The number of carbonyl (C=O) groups is 1. The van der Waals surface area contributed by atoms with Crippen LogP contribution in [0.2, 0.25) is 0 Å². The van der Waals surface area contributed by atoms with Gasteiger partial charge in [0.1, 0.15) is 0 Å². The zero-order valence-electron chi connectivity index (χ0n) is 13.6. The zero-order valence-corrected chi connectivity index (χ0v) is 13.6. The number of phenolic OH excluding ortho intramolecular Hbond substituents is 1. The molecule has 6 nitrogen and oxygen atoms in total. The Balaban J connectivity index is 2.02. The number of hydrazone groups is 1. The van der Waals surface area contributed by atoms with Crippen molar-refractivity contribution in [1.82, 2.24) is 5.43 Å². The largest absolute Gasteiger partial charge is 0.504 e. The monoisotopic (exact) mass is 328 g/mol. The summed E-state index contributed by atoms with van der Waals surface area (Å²) in [5.41, 5.74) is 3.88. The number of rotatable bonds is 7. The molecule has 2 rings (SSSR count). The number of hydrogen-bond acceptors (Lipinski definition) is 5. The Hall–Kier alpha value is -2.86. The lowest BCUT2D eigenvalue weighted by Crippen LogP contribution is -2.26. The first-order chi connectivity index (χ1) is 11.7. The highest BCUT2D eigenvalue weighted by molar-refractivity contribution is 5.85. The van der Waals surface area contributed by atoms with Gasteiger partial charge in [-0.1, -0.05) is 30.3 Å². The van der Waals surface area contributed by atoms with E-state index in [4.69, 9.17) is 9.47 Å². The molecular weight excluding hydrogens is 308 g/mol. The van der Waals surface area contributed by atoms with Crippen LogP contribution in [-0.4, -0.2) is 30.9 Å². The summed E-state index contributed by atoms with van der Waals surface area (Å²) in [6, 6.07) is 14.0. The maximum atomic E-state index is 12.2. The molecule has 0 spiro atoms. The Morgan fingerprint density at radius 1 is 1.29 bits per heavy atom. The number of carbonyl (C=O) groups excluding carboxylic acids is 1. The lowest BCUT2D eigenvalue weighted by molar-refractivity contribution is -0.131. The third-order valence-electron chi connectivity index (χ3n) is 3.25. The minimum atomic E-state index is -0.734. The highest BCUT2D eigenvalue weighted by Crippen LogP contribution is 2.26. The van der Waals surface area contributed by atoms with Gasteiger partial charge in [0.15, 0.2) is 17.6 Å². The standard InChI is InChI=1S/C18H20N2O4/c1-3-24-16-11-13(9-10-15(16)21)12-19-20-18(22)17(23-2)14-7-5-4-6-8-14/h4-12,17,21H,3H2,1-2H3,(H,20,22)/b19-12+/t17-/m1/s1. The first-order valence-electron chi connectivity index (χ1n) is 7.52. The van der Waals surface area contributed by atoms with E-state index in [2.05, 4.69) is 10.5 Å². The van der Waals surface area contributed by atoms with Gasteiger partial charge in [-0.3, -0.25) is 4.79 Å². The third kappa shape index (κ3) is 4.57. The molecule has 126 valence electrons. The number of nitrogens with zero attached hydrogens (tertiary/aromatic N) is 1. The normalized spacial score (nSPS) is 12.1. The van der Waals surface area contributed by atoms with Crippen LogP contribution in [-0.2, 0) is 9.53 Å². The number of methoxy groups -OCH3 is 1. The van der Waals surface area contributed by atoms with Crippen LogP contribution in [0.25, 0.3) is 0 Å². The summed E-state index contributed by atoms with van der Waals surface area (Å²) < 4.78 is 10.5. The number of benzene rings is 2. The first kappa shape index (κ1) is 17.5. The van der Waals surface area contributed by atoms with Crippen LogP contribution in [0.1, 0.15) is 24.2 Å². The van der Waals surface area contributed by atoms with Gasteiger partial charge in [0.2, 0.25) is 0 Å². The van der Waals surface area contributed by atoms with Crippen LogP contribution >= 0.6 is 0 Å². The second-order valence-electron chi connectivity index (χ2n) is 4.92. The van der Waals surface area contributed by atoms with Crippen LogP contribution in [0.5, 0.6) is 11.5 Å². The van der Waals surface area contributed by atoms with Crippen LogP contribution in [0, 0.1) is 0 Å². The van der Waals surface area contributed by atoms with Crippen molar-refractivity contribution in [2.75, 3.05) is 13.7 Å². The topological polar surface area (TPSA) is 80.2 Å². The van der Waals surface area contributed by atoms with Gasteiger partial charge in [-0.05, 0) is 36.2 Å². The van der Waals surface area contributed by atoms with Gasteiger partial charge in [0, 0.05) is 7.11 Å². The molecule has 1 atom stereocenters. The fourth-order valence-corrected chi connectivity index (χ4v) is 2.13. The van der Waals surface area contributed by atoms with E-state index in [1.807, 2.05) is 37.3 Å². The van der Waals surface area contributed by atoms with Crippen molar-refractivity contribution in [1.29, 1.82) is 0 Å². The zero-order chi connectivity index (χ0) is 17.4. The highest BCUT2D eigenvalue weighted by Gasteiger charge is 2.19. The third-order valence-corrected chi connectivity index (χ3v) is 3.25. The highest BCUT2D eigenvalue weighted by atomic mass is 16.5. The Morgan fingerprint density at radius 2 is 2.04 bits per heavy atom. The van der Waals surface area contributed by atoms with Gasteiger partial charge in [0.05, 0.1) is 12.8 Å². The summed E-state index contributed by atoms with van der Waals surface area (Å²) in [4.78, 5) is 12.2. The van der Waals surface area contributed by atoms with Crippen molar-refractivity contribution in [2.45, 2.75) is 13.0 Å². The smallest absolute Gasteiger partial charge is 0.273 e. The van der Waals surface area contributed by atoms with E-state index >= 15 is 0 Å². The van der Waals surface area contributed by atoms with Gasteiger partial charge in [0.25, 0.3) is 5.91 Å². The van der Waals surface area contributed by atoms with Crippen molar-refractivity contribution >= 4 is 12.1 Å². The molecular formula is C18H20N2O4. The van der Waals surface area contributed by atoms with Crippen LogP contribution in [0.15, 0.2) is 53.6 Å². The molecule has 0 heterocycles. The molecule has 2 aromatic carbocycles. The summed E-state index contributed by atoms with van der Waals surface area (Å²) in [5.74, 6) is 0.0529. The molecule has 0 unspecified atom stereocenters. The van der Waals surface area contributed by atoms with Crippen LogP contribution < -0.4 is 10.2 Å². The molecule has 0 fully saturated rings. The molecule has 0 bridgehead atoms. The van der Waals surface area contributed by atoms with Gasteiger partial charge in [-0.2, -0.15) is 5.10 Å². The lowest BCUT2D eigenvalue weighted by Gasteiger charge is -2.13. The van der Waals surface area contributed by atoms with E-state index < -0.39 is 6.10 Å². The van der Waals surface area contributed by atoms with Gasteiger partial charge in [-0.15, -0.1) is 0 Å². The van der Waals surface area contributed by atoms with E-state index in [-0.39, 0.29) is 11.7 Å². The second kappa shape index (κ2) is 8.69. The predicted molar refractivity (Wildman–Crippen MR) is 91.2 cm³/mol. The van der Waals surface area contributed by atoms with Gasteiger partial charge >= 0.3 is 0 Å². The maximum Gasteiger partial charge on any atom is 0.273 e. The summed E-state index contributed by atoms with van der Waals surface area (Å²) >= 11 is 0. The van der Waals surface area contributed by atoms with E-state index in [1.54, 1.807) is 12.1 Å². The van der Waals surface area contributed by atoms with Crippen molar-refractivity contribution < 1.29 is 19.4 Å². The molecule has 0 aliphatic heterocycles. The number of hydrogen-bond donors (Lipinski definition) is 2. The minimum absolute atomic E-state index is 0.0570. The van der Waals surface area contributed by atoms with Crippen LogP contribution in [0.4, 0.5) is 0 Å². The average Bonchev–Trinajstić information content (AvgIpc) is 2.59. The SMILES string of the molecule is CCOc1cc(/C=N/NC(=O)[C@H](OC)c2ccccc2)ccc1O. The Kier molecular flexibility index (Phi) is 6.33. The van der Waals surface area contributed by atoms with Crippen molar-refractivity contribution in [3.8, 4) is 11.5 Å². The molecule has 2 N–H and O–H groups in total. The Morgan fingerprint density at radius 3 is 2.71 bits per heavy atom. The predicted octanol–water partition coefficient (Wildman–Crippen LogP) is 2.63. The number of phenols is 1. The van der Waals surface area contributed by atoms with Crippen molar-refractivity contribution in [2.24, 2.45) is 5.10 Å². The molecule has 0 aliphatic rings. The number of nitrogens with one attached hydrogen (secondary N) is 1. The molecule has 2 aromatic rings. The number of amides is 1. The molecule has 0 radical (unpaired) electrons. The second-order valence-corrected chi connectivity index (χ2v) is 4.92. The number of aromatic hydroxyl groups is 1. The Labute approximate surface area is 140 Å². The number of ether oxygens (including phenoxy) is 2. The minimum Gasteiger partial charge on any atom is -0.504 e. The van der Waals surface area contributed by atoms with E-state index in [1.165, 1.54) is 19.4 Å². The summed E-state index contributed by atoms with van der Waals surface area (Å²) in [5, 5.41) is 13.6. The fourth-order valence-electron chi connectivity index (χ4n) is 2.13. The quantitative estimate of drug-likeness (QED) is 0.605. The molecule has 0 aromatic heterocycles. The van der Waals surface area contributed by atoms with Crippen molar-refractivity contribution in [3.63, 3.8) is 0 Å². The van der Waals surface area contributed by atoms with Gasteiger partial charge < -0.3 is 14.6 Å². The summed E-state index contributed by atoms with van der Waals surface area (Å²) in [6.07, 6.45) is 0.736. The molecule has 6 heteroatoms. The van der Waals surface area contributed by atoms with Crippen LogP contribution in [0.3, 0.4) is 0 Å². The molecule has 0 saturated carbocycles. The molecule has 24 heavy (non-hydrogen) atoms.